The fourth-order valence-corrected chi connectivity index (χ4v) is 1.53. The molecule has 1 aliphatic carbocycles. The number of carbonyl (C=O) groups is 3. The van der Waals surface area contributed by atoms with E-state index in [1.54, 1.807) is 0 Å². The molecular weight excluding hydrogens is 236 g/mol. The highest BCUT2D eigenvalue weighted by Gasteiger charge is 2.38. The number of carboxylic acid groups (broad SMARTS) is 1. The van der Waals surface area contributed by atoms with Crippen LogP contribution in [0.25, 0.3) is 0 Å². The van der Waals surface area contributed by atoms with Gasteiger partial charge in [-0.05, 0) is 25.7 Å². The number of carboxylic acids is 1. The Morgan fingerprint density at radius 1 is 1.28 bits per heavy atom. The van der Waals surface area contributed by atoms with Gasteiger partial charge in [-0.25, -0.2) is 14.4 Å². The lowest BCUT2D eigenvalue weighted by Gasteiger charge is -2.07. The molecule has 5 nitrogen and oxygen atoms in total. The highest BCUT2D eigenvalue weighted by Crippen LogP contribution is 2.34. The van der Waals surface area contributed by atoms with Crippen molar-refractivity contribution in [2.24, 2.45) is 0 Å². The molecule has 0 unspecified atom stereocenters. The average molecular weight is 252 g/mol. The monoisotopic (exact) mass is 252 g/mol. The predicted molar refractivity (Wildman–Crippen MR) is 63.7 cm³/mol. The molecule has 0 saturated heterocycles. The maximum Gasteiger partial charge on any atom is 0.342 e. The van der Waals surface area contributed by atoms with E-state index in [-0.39, 0.29) is 0 Å². The molecule has 2 rings (SSSR count). The zero-order valence-corrected chi connectivity index (χ0v) is 10.3. The third-order valence-corrected chi connectivity index (χ3v) is 2.80. The first kappa shape index (κ1) is 14.2. The Morgan fingerprint density at radius 2 is 1.78 bits per heavy atom. The largest absolute Gasteiger partial charge is 0.478 e. The summed E-state index contributed by atoms with van der Waals surface area (Å²) in [6, 6.07) is 0. The summed E-state index contributed by atoms with van der Waals surface area (Å²) in [5.41, 5.74) is 1.51. The molecule has 0 aromatic carbocycles. The second-order valence-corrected chi connectivity index (χ2v) is 4.15. The van der Waals surface area contributed by atoms with Gasteiger partial charge in [-0.15, -0.1) is 0 Å². The van der Waals surface area contributed by atoms with Crippen LogP contribution >= 0.6 is 0 Å². The molecular formula is C13H16O5. The van der Waals surface area contributed by atoms with Gasteiger partial charge in [-0.3, -0.25) is 0 Å². The molecule has 2 aliphatic rings. The zero-order chi connectivity index (χ0) is 13.7. The first-order valence-corrected chi connectivity index (χ1v) is 5.87. The smallest absolute Gasteiger partial charge is 0.342 e. The molecule has 0 fully saturated rings. The van der Waals surface area contributed by atoms with Gasteiger partial charge in [0, 0.05) is 16.7 Å². The molecule has 0 aromatic heterocycles. The molecule has 0 amide bonds. The van der Waals surface area contributed by atoms with Crippen molar-refractivity contribution in [2.45, 2.75) is 39.0 Å². The van der Waals surface area contributed by atoms with Crippen LogP contribution in [-0.4, -0.2) is 23.0 Å². The van der Waals surface area contributed by atoms with E-state index < -0.39 is 17.9 Å². The quantitative estimate of drug-likeness (QED) is 0.470. The number of esters is 2. The third kappa shape index (κ3) is 3.29. The molecule has 98 valence electrons. The molecule has 5 heteroatoms. The molecule has 1 heterocycles. The third-order valence-electron chi connectivity index (χ3n) is 2.80. The fraction of sp³-hybridized carbons (Fsp3) is 0.462. The second kappa shape index (κ2) is 6.14. The van der Waals surface area contributed by atoms with Gasteiger partial charge in [0.05, 0.1) is 0 Å². The van der Waals surface area contributed by atoms with Crippen LogP contribution in [0, 0.1) is 0 Å². The average Bonchev–Trinajstić information content (AvgIpc) is 2.42. The van der Waals surface area contributed by atoms with E-state index in [0.29, 0.717) is 23.1 Å². The van der Waals surface area contributed by atoms with Crippen molar-refractivity contribution in [3.05, 3.63) is 23.3 Å². The molecule has 18 heavy (non-hydrogen) atoms. The summed E-state index contributed by atoms with van der Waals surface area (Å²) in [5.74, 6) is -1.73. The number of ether oxygens (including phenoxy) is 1. The maximum atomic E-state index is 10.5. The summed E-state index contributed by atoms with van der Waals surface area (Å²) >= 11 is 0. The van der Waals surface area contributed by atoms with Gasteiger partial charge >= 0.3 is 17.9 Å². The number of hydrogen-bond acceptors (Lipinski definition) is 4. The van der Waals surface area contributed by atoms with E-state index in [0.717, 1.165) is 25.7 Å². The molecule has 1 aliphatic heterocycles. The first-order valence-electron chi connectivity index (χ1n) is 5.87. The summed E-state index contributed by atoms with van der Waals surface area (Å²) in [6.45, 7) is 5.42. The van der Waals surface area contributed by atoms with Crippen LogP contribution in [0.3, 0.4) is 0 Å². The summed E-state index contributed by atoms with van der Waals surface area (Å²) in [5, 5.41) is 8.31. The summed E-state index contributed by atoms with van der Waals surface area (Å²) in [4.78, 5) is 31.2. The van der Waals surface area contributed by atoms with E-state index >= 15 is 0 Å². The molecule has 0 aromatic rings. The van der Waals surface area contributed by atoms with Crippen molar-refractivity contribution < 1.29 is 24.2 Å². The lowest BCUT2D eigenvalue weighted by Crippen LogP contribution is -2.05. The second-order valence-electron chi connectivity index (χ2n) is 4.15. The van der Waals surface area contributed by atoms with Crippen molar-refractivity contribution in [2.75, 3.05) is 0 Å². The Kier molecular flexibility index (Phi) is 4.83. The number of aliphatic carboxylic acids is 1. The van der Waals surface area contributed by atoms with Crippen LogP contribution < -0.4 is 0 Å². The van der Waals surface area contributed by atoms with Gasteiger partial charge in [0.15, 0.2) is 0 Å². The fourth-order valence-electron chi connectivity index (χ4n) is 1.53. The van der Waals surface area contributed by atoms with Crippen molar-refractivity contribution in [3.8, 4) is 0 Å². The predicted octanol–water partition coefficient (Wildman–Crippen LogP) is 1.98. The van der Waals surface area contributed by atoms with Gasteiger partial charge in [0.1, 0.15) is 0 Å². The van der Waals surface area contributed by atoms with Crippen LogP contribution in [0.2, 0.25) is 0 Å². The van der Waals surface area contributed by atoms with Gasteiger partial charge in [-0.2, -0.15) is 0 Å². The van der Waals surface area contributed by atoms with Gasteiger partial charge in [0.25, 0.3) is 0 Å². The zero-order valence-electron chi connectivity index (χ0n) is 10.3. The molecule has 0 spiro atoms. The molecule has 0 radical (unpaired) electrons. The molecule has 1 N–H and O–H groups in total. The topological polar surface area (TPSA) is 80.7 Å². The molecule has 0 atom stereocenters. The standard InChI is InChI=1S/C7H12O2.C6H4O3/c1-3-4-5-6(2)7(8)9;7-5-3-1-2-4(3)6(8)9-5/h2-5H2,1H3,(H,8,9);1-2H2. The Morgan fingerprint density at radius 3 is 2.06 bits per heavy atom. The Bertz CT molecular complexity index is 407. The number of rotatable bonds is 4. The molecule has 0 bridgehead atoms. The maximum absolute atomic E-state index is 10.5. The highest BCUT2D eigenvalue weighted by molar-refractivity contribution is 6.14. The van der Waals surface area contributed by atoms with Crippen LogP contribution in [0.1, 0.15) is 39.0 Å². The minimum Gasteiger partial charge on any atom is -0.478 e. The lowest BCUT2D eigenvalue weighted by atomic mass is 9.91. The van der Waals surface area contributed by atoms with E-state index in [9.17, 15) is 14.4 Å². The highest BCUT2D eigenvalue weighted by atomic mass is 16.6. The number of cyclic esters (lactones) is 2. The van der Waals surface area contributed by atoms with Crippen LogP contribution in [0.5, 0.6) is 0 Å². The minimum atomic E-state index is -0.872. The van der Waals surface area contributed by atoms with E-state index in [2.05, 4.69) is 11.3 Å². The van der Waals surface area contributed by atoms with Crippen molar-refractivity contribution in [1.82, 2.24) is 0 Å². The Hall–Kier alpha value is -1.91. The number of unbranched alkanes of at least 4 members (excludes halogenated alkanes) is 1. The summed E-state index contributed by atoms with van der Waals surface area (Å²) in [6.07, 6.45) is 4.00. The number of carbonyl (C=O) groups excluding carboxylic acids is 2. The first-order chi connectivity index (χ1) is 8.47. The van der Waals surface area contributed by atoms with Crippen LogP contribution in [-0.2, 0) is 19.1 Å². The van der Waals surface area contributed by atoms with E-state index in [1.165, 1.54) is 0 Å². The van der Waals surface area contributed by atoms with Crippen molar-refractivity contribution >= 4 is 17.9 Å². The van der Waals surface area contributed by atoms with Crippen LogP contribution in [0.15, 0.2) is 23.3 Å². The van der Waals surface area contributed by atoms with Crippen molar-refractivity contribution in [3.63, 3.8) is 0 Å². The Labute approximate surface area is 105 Å². The molecule has 0 saturated carbocycles. The number of hydrogen-bond donors (Lipinski definition) is 1. The van der Waals surface area contributed by atoms with Gasteiger partial charge < -0.3 is 9.84 Å². The Balaban J connectivity index is 0.000000180. The lowest BCUT2D eigenvalue weighted by molar-refractivity contribution is -0.150. The SMILES string of the molecule is C=C(CCCC)C(=O)O.O=C1OC(=O)C2=C1CC2. The van der Waals surface area contributed by atoms with Crippen molar-refractivity contribution in [1.29, 1.82) is 0 Å². The summed E-state index contributed by atoms with van der Waals surface area (Å²) in [7, 11) is 0. The van der Waals surface area contributed by atoms with Gasteiger partial charge in [0.2, 0.25) is 0 Å². The minimum absolute atomic E-state index is 0.317. The summed E-state index contributed by atoms with van der Waals surface area (Å²) < 4.78 is 4.30. The normalized spacial score (nSPS) is 16.3. The van der Waals surface area contributed by atoms with E-state index in [4.69, 9.17) is 5.11 Å². The van der Waals surface area contributed by atoms with E-state index in [1.807, 2.05) is 6.92 Å². The van der Waals surface area contributed by atoms with Gasteiger partial charge in [-0.1, -0.05) is 19.9 Å². The van der Waals surface area contributed by atoms with Crippen LogP contribution in [0.4, 0.5) is 0 Å².